The minimum atomic E-state index is -4.66. The highest BCUT2D eigenvalue weighted by atomic mass is 32.2. The van der Waals surface area contributed by atoms with E-state index in [1.165, 1.54) is 37.3 Å². The van der Waals surface area contributed by atoms with E-state index in [1.54, 1.807) is 37.3 Å². The Labute approximate surface area is 260 Å². The average molecular weight is 658 g/mol. The average Bonchev–Trinajstić information content (AvgIpc) is 3.25. The highest BCUT2D eigenvalue weighted by Crippen LogP contribution is 2.31. The van der Waals surface area contributed by atoms with Gasteiger partial charge in [0.2, 0.25) is 10.0 Å². The number of aryl methyl sites for hydroxylation is 1. The number of carbonyl (C=O) groups excluding carboxylic acids is 3. The van der Waals surface area contributed by atoms with Crippen LogP contribution in [0.1, 0.15) is 39.6 Å². The lowest BCUT2D eigenvalue weighted by molar-refractivity contribution is -0.121. The number of hydrogen-bond acceptors (Lipinski definition) is 11. The van der Waals surface area contributed by atoms with E-state index in [0.29, 0.717) is 17.2 Å². The second-order valence-electron chi connectivity index (χ2n) is 10.4. The van der Waals surface area contributed by atoms with Crippen molar-refractivity contribution in [3.8, 4) is 11.5 Å². The molecule has 45 heavy (non-hydrogen) atoms. The molecule has 1 unspecified atom stereocenters. The van der Waals surface area contributed by atoms with Gasteiger partial charge in [0, 0.05) is 32.1 Å². The smallest absolute Gasteiger partial charge is 0.340 e. The van der Waals surface area contributed by atoms with Crippen LogP contribution in [0.3, 0.4) is 0 Å². The summed E-state index contributed by atoms with van der Waals surface area (Å²) < 4.78 is 66.3. The topological polar surface area (TPSA) is 166 Å². The number of rotatable bonds is 12. The summed E-state index contributed by atoms with van der Waals surface area (Å²) in [5.74, 6) is -1.29. The summed E-state index contributed by atoms with van der Waals surface area (Å²) in [5, 5.41) is 3.70. The molecule has 0 saturated carbocycles. The first-order valence-electron chi connectivity index (χ1n) is 14.0. The molecule has 2 aliphatic rings. The lowest BCUT2D eigenvalue weighted by Gasteiger charge is -2.33. The molecule has 3 aromatic rings. The fourth-order valence-corrected chi connectivity index (χ4v) is 8.36. The molecule has 3 aromatic carbocycles. The van der Waals surface area contributed by atoms with Crippen LogP contribution >= 0.6 is 0 Å². The molecular formula is C30H31N3O10S2. The predicted octanol–water partition coefficient (Wildman–Crippen LogP) is 2.31. The molecule has 0 bridgehead atoms. The minimum Gasteiger partial charge on any atom is -0.493 e. The van der Waals surface area contributed by atoms with E-state index in [-0.39, 0.29) is 61.1 Å². The Bertz CT molecular complexity index is 1830. The van der Waals surface area contributed by atoms with Gasteiger partial charge in [-0.3, -0.25) is 19.2 Å². The Kier molecular flexibility index (Phi) is 9.36. The minimum absolute atomic E-state index is 0.00214. The molecule has 238 valence electrons. The first-order chi connectivity index (χ1) is 21.4. The lowest BCUT2D eigenvalue weighted by Crippen LogP contribution is -2.56. The van der Waals surface area contributed by atoms with Gasteiger partial charge in [-0.2, -0.15) is 12.7 Å². The number of benzene rings is 3. The Morgan fingerprint density at radius 3 is 2.18 bits per heavy atom. The van der Waals surface area contributed by atoms with Crippen molar-refractivity contribution < 1.29 is 45.0 Å². The zero-order chi connectivity index (χ0) is 32.4. The summed E-state index contributed by atoms with van der Waals surface area (Å²) >= 11 is 0. The number of hydrogen-bond donors (Lipinski definition) is 1. The summed E-state index contributed by atoms with van der Waals surface area (Å²) in [7, 11) is -9.05. The van der Waals surface area contributed by atoms with Gasteiger partial charge in [0.1, 0.15) is 27.1 Å². The fraction of sp³-hybridized carbons (Fsp3) is 0.300. The monoisotopic (exact) mass is 657 g/mol. The van der Waals surface area contributed by atoms with Gasteiger partial charge < -0.3 is 14.2 Å². The van der Waals surface area contributed by atoms with Crippen molar-refractivity contribution in [3.63, 3.8) is 0 Å². The quantitative estimate of drug-likeness (QED) is 0.173. The van der Waals surface area contributed by atoms with Crippen LogP contribution in [0, 0.1) is 6.92 Å². The van der Waals surface area contributed by atoms with Crippen molar-refractivity contribution in [1.29, 1.82) is 0 Å². The number of carbonyl (C=O) groups is 3. The van der Waals surface area contributed by atoms with Crippen molar-refractivity contribution in [3.05, 3.63) is 83.4 Å². The number of ether oxygens (including phenoxy) is 1. The van der Waals surface area contributed by atoms with Crippen molar-refractivity contribution in [2.24, 2.45) is 0 Å². The zero-order valence-corrected chi connectivity index (χ0v) is 26.1. The molecule has 2 aliphatic heterocycles. The Balaban J connectivity index is 1.25. The molecule has 15 heteroatoms. The summed E-state index contributed by atoms with van der Waals surface area (Å²) in [6, 6.07) is 15.0. The predicted molar refractivity (Wildman–Crippen MR) is 160 cm³/mol. The maximum Gasteiger partial charge on any atom is 0.340 e. The van der Waals surface area contributed by atoms with Crippen LogP contribution in [0.4, 0.5) is 0 Å². The van der Waals surface area contributed by atoms with E-state index in [4.69, 9.17) is 13.8 Å². The number of nitrogens with one attached hydrogen (secondary N) is 1. The molecule has 2 amide bonds. The normalized spacial score (nSPS) is 17.3. The largest absolute Gasteiger partial charge is 0.493 e. The molecule has 1 fully saturated rings. The third-order valence-corrected chi connectivity index (χ3v) is 10.5. The van der Waals surface area contributed by atoms with Gasteiger partial charge in [0.25, 0.3) is 11.8 Å². The van der Waals surface area contributed by atoms with Gasteiger partial charge >= 0.3 is 10.1 Å². The van der Waals surface area contributed by atoms with Crippen LogP contribution in [-0.2, 0) is 29.8 Å². The molecule has 0 aromatic heterocycles. The number of nitrogens with zero attached hydrogens (tertiary/aromatic N) is 2. The van der Waals surface area contributed by atoms with Gasteiger partial charge in [0.15, 0.2) is 0 Å². The van der Waals surface area contributed by atoms with E-state index in [2.05, 4.69) is 5.32 Å². The van der Waals surface area contributed by atoms with E-state index in [1.807, 2.05) is 0 Å². The number of imide groups is 1. The van der Waals surface area contributed by atoms with Crippen molar-refractivity contribution in [2.45, 2.75) is 36.1 Å². The third kappa shape index (κ3) is 6.77. The molecule has 2 heterocycles. The van der Waals surface area contributed by atoms with Crippen LogP contribution in [0.25, 0.3) is 0 Å². The lowest BCUT2D eigenvalue weighted by atomic mass is 10.1. The number of Topliss-reactive ketones (excluding diaryl/α,β-unsaturated/α-hetero) is 1. The number of fused-ring (bicyclic) bond motifs is 1. The van der Waals surface area contributed by atoms with Crippen LogP contribution in [-0.4, -0.2) is 82.7 Å². The van der Waals surface area contributed by atoms with E-state index in [0.717, 1.165) is 10.4 Å². The van der Waals surface area contributed by atoms with Crippen molar-refractivity contribution >= 4 is 37.7 Å². The third-order valence-electron chi connectivity index (χ3n) is 7.13. The first kappa shape index (κ1) is 32.2. The van der Waals surface area contributed by atoms with E-state index < -0.39 is 47.8 Å². The Hall–Kier alpha value is -4.15. The van der Waals surface area contributed by atoms with E-state index >= 15 is 0 Å². The van der Waals surface area contributed by atoms with Gasteiger partial charge in [-0.25, -0.2) is 8.42 Å². The molecule has 1 saturated heterocycles. The van der Waals surface area contributed by atoms with E-state index in [9.17, 15) is 31.2 Å². The molecule has 0 aliphatic carbocycles. The van der Waals surface area contributed by atoms with Crippen molar-refractivity contribution in [2.75, 3.05) is 32.8 Å². The summed E-state index contributed by atoms with van der Waals surface area (Å²) in [6.07, 6.45) is 0.286. The maximum atomic E-state index is 13.6. The fourth-order valence-electron chi connectivity index (χ4n) is 5.02. The van der Waals surface area contributed by atoms with Gasteiger partial charge in [0.05, 0.1) is 30.4 Å². The number of hydroxylamine groups is 2. The van der Waals surface area contributed by atoms with Gasteiger partial charge in [-0.05, 0) is 55.8 Å². The Morgan fingerprint density at radius 2 is 1.51 bits per heavy atom. The molecule has 0 spiro atoms. The molecule has 1 atom stereocenters. The molecule has 0 radical (unpaired) electrons. The highest BCUT2D eigenvalue weighted by molar-refractivity contribution is 7.91. The summed E-state index contributed by atoms with van der Waals surface area (Å²) in [5.41, 5.74) is 1.14. The second-order valence-corrected chi connectivity index (χ2v) is 13.8. The molecule has 13 nitrogen and oxygen atoms in total. The van der Waals surface area contributed by atoms with Gasteiger partial charge in [-0.15, -0.1) is 5.06 Å². The molecule has 5 rings (SSSR count). The zero-order valence-electron chi connectivity index (χ0n) is 24.5. The number of ketones is 1. The Morgan fingerprint density at radius 1 is 0.889 bits per heavy atom. The standard InChI is InChI=1S/C30H31N3O10S2/c1-20-16-22(41-14-7-15-42-33-29(35)24-8-3-4-9-25(24)30(33)36)18-23(17-20)43-45(39,40)28-11-6-5-10-27(28)44(37,38)32-13-12-31-19-26(32)21(2)34/h3-6,8-11,16-18,26,31H,7,12-15,19H2,1-2H3. The summed E-state index contributed by atoms with van der Waals surface area (Å²) in [4.78, 5) is 41.3. The molecule has 1 N–H and O–H groups in total. The second kappa shape index (κ2) is 13.1. The number of sulfonamides is 1. The van der Waals surface area contributed by atoms with Crippen LogP contribution in [0.15, 0.2) is 76.5 Å². The SMILES string of the molecule is CC(=O)C1CNCCN1S(=O)(=O)c1ccccc1S(=O)(=O)Oc1cc(C)cc(OCCCON2C(=O)c3ccccc3C2=O)c1. The number of piperazine rings is 1. The van der Waals surface area contributed by atoms with Crippen LogP contribution in [0.2, 0.25) is 0 Å². The van der Waals surface area contributed by atoms with Crippen LogP contribution in [0.5, 0.6) is 11.5 Å². The summed E-state index contributed by atoms with van der Waals surface area (Å²) in [6.45, 7) is 3.48. The van der Waals surface area contributed by atoms with Crippen LogP contribution < -0.4 is 14.2 Å². The maximum absolute atomic E-state index is 13.6. The first-order valence-corrected chi connectivity index (χ1v) is 16.9. The molecular weight excluding hydrogens is 626 g/mol. The van der Waals surface area contributed by atoms with Crippen molar-refractivity contribution in [1.82, 2.24) is 14.7 Å². The van der Waals surface area contributed by atoms with Gasteiger partial charge in [-0.1, -0.05) is 24.3 Å². The number of amides is 2. The highest BCUT2D eigenvalue weighted by Gasteiger charge is 2.39.